The number of halogens is 1. The first-order valence-corrected chi connectivity index (χ1v) is 15.2. The Morgan fingerprint density at radius 3 is 2.57 bits per heavy atom. The Balaban J connectivity index is 1.63. The number of benzene rings is 2. The first-order valence-electron chi connectivity index (χ1n) is 14.4. The summed E-state index contributed by atoms with van der Waals surface area (Å²) in [6.07, 6.45) is 4.36. The molecule has 1 saturated heterocycles. The van der Waals surface area contributed by atoms with Gasteiger partial charge in [0.25, 0.3) is 5.91 Å². The zero-order valence-corrected chi connectivity index (χ0v) is 25.9. The zero-order valence-electron chi connectivity index (χ0n) is 24.3. The number of nitrogens with zero attached hydrogens (tertiary/aromatic N) is 4. The van der Waals surface area contributed by atoms with Crippen molar-refractivity contribution >= 4 is 44.5 Å². The summed E-state index contributed by atoms with van der Waals surface area (Å²) < 4.78 is 8.52. The molecule has 5 rings (SSSR count). The molecule has 220 valence electrons. The molecule has 0 bridgehead atoms. The first-order chi connectivity index (χ1) is 20.3. The third kappa shape index (κ3) is 6.19. The molecule has 9 nitrogen and oxygen atoms in total. The van der Waals surface area contributed by atoms with Gasteiger partial charge in [-0.2, -0.15) is 5.10 Å². The Hall–Kier alpha value is -3.76. The summed E-state index contributed by atoms with van der Waals surface area (Å²) in [5, 5.41) is 9.38. The van der Waals surface area contributed by atoms with Crippen LogP contribution in [0.1, 0.15) is 69.8 Å². The fourth-order valence-electron chi connectivity index (χ4n) is 5.49. The molecule has 0 atom stereocenters. The van der Waals surface area contributed by atoms with Crippen molar-refractivity contribution in [3.63, 3.8) is 0 Å². The van der Waals surface area contributed by atoms with Crippen molar-refractivity contribution in [3.05, 3.63) is 86.6 Å². The van der Waals surface area contributed by atoms with Gasteiger partial charge < -0.3 is 20.7 Å². The number of hydrogen-bond acceptors (Lipinski definition) is 6. The molecular weight excluding hydrogens is 596 g/mol. The van der Waals surface area contributed by atoms with Gasteiger partial charge in [0.15, 0.2) is 5.65 Å². The lowest BCUT2D eigenvalue weighted by Gasteiger charge is -2.29. The van der Waals surface area contributed by atoms with Crippen LogP contribution in [-0.2, 0) is 30.8 Å². The molecule has 4 aromatic rings. The van der Waals surface area contributed by atoms with Crippen molar-refractivity contribution in [2.45, 2.75) is 65.7 Å². The van der Waals surface area contributed by atoms with E-state index in [1.54, 1.807) is 24.3 Å². The molecule has 2 amide bonds. The molecule has 1 aliphatic heterocycles. The van der Waals surface area contributed by atoms with Crippen LogP contribution in [0.25, 0.3) is 11.0 Å². The van der Waals surface area contributed by atoms with Gasteiger partial charge in [-0.15, -0.1) is 0 Å². The summed E-state index contributed by atoms with van der Waals surface area (Å²) in [5.41, 5.74) is 12.0. The highest BCUT2D eigenvalue weighted by atomic mass is 79.9. The van der Waals surface area contributed by atoms with Gasteiger partial charge >= 0.3 is 0 Å². The van der Waals surface area contributed by atoms with Gasteiger partial charge in [0.2, 0.25) is 5.91 Å². The second-order valence-electron chi connectivity index (χ2n) is 10.6. The summed E-state index contributed by atoms with van der Waals surface area (Å²) in [5.74, 6) is -0.765. The van der Waals surface area contributed by atoms with Crippen LogP contribution in [0, 0.1) is 6.92 Å². The van der Waals surface area contributed by atoms with E-state index in [-0.39, 0.29) is 11.9 Å². The van der Waals surface area contributed by atoms with Gasteiger partial charge in [0.05, 0.1) is 23.8 Å². The van der Waals surface area contributed by atoms with E-state index in [0.717, 1.165) is 56.4 Å². The summed E-state index contributed by atoms with van der Waals surface area (Å²) in [6.45, 7) is 9.00. The van der Waals surface area contributed by atoms with Crippen molar-refractivity contribution in [1.82, 2.24) is 19.7 Å². The fourth-order valence-corrected chi connectivity index (χ4v) is 5.90. The summed E-state index contributed by atoms with van der Waals surface area (Å²) in [6, 6.07) is 12.9. The highest BCUT2D eigenvalue weighted by Crippen LogP contribution is 2.33. The number of fused-ring (bicyclic) bond motifs is 1. The maximum Gasteiger partial charge on any atom is 0.254 e. The second-order valence-corrected chi connectivity index (χ2v) is 11.5. The number of anilines is 1. The summed E-state index contributed by atoms with van der Waals surface area (Å²) in [4.78, 5) is 33.1. The number of ether oxygens (including phenoxy) is 1. The normalized spacial score (nSPS) is 13.8. The Morgan fingerprint density at radius 1 is 1.12 bits per heavy atom. The molecule has 42 heavy (non-hydrogen) atoms. The first kappa shape index (κ1) is 29.7. The Bertz CT molecular complexity index is 1610. The predicted octanol–water partition coefficient (Wildman–Crippen LogP) is 5.62. The van der Waals surface area contributed by atoms with E-state index in [0.29, 0.717) is 50.4 Å². The van der Waals surface area contributed by atoms with E-state index in [1.165, 1.54) is 0 Å². The van der Waals surface area contributed by atoms with E-state index < -0.39 is 5.91 Å². The lowest BCUT2D eigenvalue weighted by molar-refractivity contribution is 0.0729. The van der Waals surface area contributed by atoms with Crippen molar-refractivity contribution < 1.29 is 14.3 Å². The topological polar surface area (TPSA) is 115 Å². The van der Waals surface area contributed by atoms with Gasteiger partial charge in [0.1, 0.15) is 0 Å². The number of primary amides is 1. The monoisotopic (exact) mass is 632 g/mol. The number of pyridine rings is 1. The Labute approximate surface area is 254 Å². The number of carbonyl (C=O) groups is 2. The minimum atomic E-state index is -0.571. The predicted molar refractivity (Wildman–Crippen MR) is 167 cm³/mol. The minimum Gasteiger partial charge on any atom is -0.381 e. The summed E-state index contributed by atoms with van der Waals surface area (Å²) >= 11 is 3.64. The molecule has 3 heterocycles. The molecule has 10 heteroatoms. The average Bonchev–Trinajstić information content (AvgIpc) is 3.42. The van der Waals surface area contributed by atoms with Crippen molar-refractivity contribution in [1.29, 1.82) is 0 Å². The number of nitrogens with two attached hydrogens (primary N) is 1. The molecule has 0 saturated carbocycles. The molecule has 0 aliphatic carbocycles. The molecule has 2 aromatic heterocycles. The van der Waals surface area contributed by atoms with Crippen molar-refractivity contribution in [2.75, 3.05) is 18.5 Å². The molecule has 0 radical (unpaired) electrons. The van der Waals surface area contributed by atoms with E-state index in [2.05, 4.69) is 40.2 Å². The molecule has 0 spiro atoms. The van der Waals surface area contributed by atoms with E-state index in [9.17, 15) is 9.59 Å². The van der Waals surface area contributed by atoms with Crippen LogP contribution >= 0.6 is 15.9 Å². The third-order valence-electron chi connectivity index (χ3n) is 7.95. The minimum absolute atomic E-state index is 0.194. The Kier molecular flexibility index (Phi) is 9.23. The lowest BCUT2D eigenvalue weighted by atomic mass is 10.0. The number of nitrogens with one attached hydrogen (secondary N) is 1. The number of hydrogen-bond donors (Lipinski definition) is 2. The molecule has 0 unspecified atom stereocenters. The van der Waals surface area contributed by atoms with Crippen molar-refractivity contribution in [3.8, 4) is 0 Å². The summed E-state index contributed by atoms with van der Waals surface area (Å²) in [7, 11) is 0. The molecular formula is C32H37BrN6O3. The number of aromatic nitrogens is 3. The largest absolute Gasteiger partial charge is 0.381 e. The van der Waals surface area contributed by atoms with E-state index in [1.807, 2.05) is 40.9 Å². The van der Waals surface area contributed by atoms with Crippen molar-refractivity contribution in [2.24, 2.45) is 5.73 Å². The standard InChI is InChI=1S/C32H37BrN6O3/c1-4-28-26(29(36-24-12-14-42-15-13-24)25-17-35-39(5-2)31(25)37-28)19-38(18-23-10-7-11-27(33)20(23)3)32(41)22-9-6-8-21(16-22)30(34)40/h6-11,16-17,24H,4-5,12-15,18-19H2,1-3H3,(H2,34,40)(H,36,37). The average molecular weight is 634 g/mol. The number of carbonyl (C=O) groups excluding carboxylic acids is 2. The van der Waals surface area contributed by atoms with Crippen LogP contribution in [-0.4, -0.2) is 50.7 Å². The van der Waals surface area contributed by atoms with Crippen LogP contribution in [0.5, 0.6) is 0 Å². The smallest absolute Gasteiger partial charge is 0.254 e. The van der Waals surface area contributed by atoms with Crippen LogP contribution in [0.3, 0.4) is 0 Å². The Morgan fingerprint density at radius 2 is 1.86 bits per heavy atom. The molecule has 1 fully saturated rings. The van der Waals surface area contributed by atoms with Gasteiger partial charge in [0, 0.05) is 59.2 Å². The maximum atomic E-state index is 14.2. The SMILES string of the molecule is CCc1nc2c(cnn2CC)c(NC2CCOCC2)c1CN(Cc1cccc(Br)c1C)C(=O)c1cccc(C(N)=O)c1. The van der Waals surface area contributed by atoms with Crippen LogP contribution < -0.4 is 11.1 Å². The molecule has 2 aromatic carbocycles. The van der Waals surface area contributed by atoms with Gasteiger partial charge in [-0.3, -0.25) is 9.59 Å². The number of aryl methyl sites for hydroxylation is 2. The lowest BCUT2D eigenvalue weighted by Crippen LogP contribution is -2.33. The van der Waals surface area contributed by atoms with Gasteiger partial charge in [-0.25, -0.2) is 9.67 Å². The number of amides is 2. The van der Waals surface area contributed by atoms with Crippen LogP contribution in [0.4, 0.5) is 5.69 Å². The fraction of sp³-hybridized carbons (Fsp3) is 0.375. The third-order valence-corrected chi connectivity index (χ3v) is 8.81. The van der Waals surface area contributed by atoms with Gasteiger partial charge in [-0.1, -0.05) is 41.1 Å². The maximum absolute atomic E-state index is 14.2. The quantitative estimate of drug-likeness (QED) is 0.235. The zero-order chi connectivity index (χ0) is 29.8. The second kappa shape index (κ2) is 13.0. The molecule has 3 N–H and O–H groups in total. The highest BCUT2D eigenvalue weighted by Gasteiger charge is 2.26. The van der Waals surface area contributed by atoms with E-state index >= 15 is 0 Å². The van der Waals surface area contributed by atoms with Gasteiger partial charge in [-0.05, 0) is 68.5 Å². The van der Waals surface area contributed by atoms with Crippen LogP contribution in [0.2, 0.25) is 0 Å². The van der Waals surface area contributed by atoms with E-state index in [4.69, 9.17) is 15.5 Å². The number of rotatable bonds is 10. The van der Waals surface area contributed by atoms with Crippen LogP contribution in [0.15, 0.2) is 53.1 Å². The molecule has 1 aliphatic rings. The highest BCUT2D eigenvalue weighted by molar-refractivity contribution is 9.10.